The van der Waals surface area contributed by atoms with Crippen molar-refractivity contribution < 1.29 is 19.5 Å². The third-order valence-electron chi connectivity index (χ3n) is 2.15. The molecule has 1 rings (SSSR count). The highest BCUT2D eigenvalue weighted by Gasteiger charge is 2.34. The number of carbonyl (C=O) groups excluding carboxylic acids is 1. The van der Waals surface area contributed by atoms with Crippen molar-refractivity contribution >= 4 is 11.9 Å². The van der Waals surface area contributed by atoms with Crippen LogP contribution < -0.4 is 0 Å². The van der Waals surface area contributed by atoms with Crippen molar-refractivity contribution in [3.63, 3.8) is 0 Å². The molecular formula is C9H15NO4. The molecule has 14 heavy (non-hydrogen) atoms. The fraction of sp³-hybridized carbons (Fsp3) is 0.778. The summed E-state index contributed by atoms with van der Waals surface area (Å²) in [6, 6.07) is -0.872. The number of hydroxylamine groups is 2. The minimum absolute atomic E-state index is 0.158. The van der Waals surface area contributed by atoms with Gasteiger partial charge < -0.3 is 5.11 Å². The zero-order valence-electron chi connectivity index (χ0n) is 8.40. The van der Waals surface area contributed by atoms with Crippen LogP contribution in [0.15, 0.2) is 0 Å². The van der Waals surface area contributed by atoms with Gasteiger partial charge in [0.1, 0.15) is 0 Å². The minimum atomic E-state index is -1.02. The number of hydrogen-bond donors (Lipinski definition) is 1. The molecule has 1 amide bonds. The Labute approximate surface area is 82.6 Å². The van der Waals surface area contributed by atoms with E-state index in [9.17, 15) is 9.59 Å². The lowest BCUT2D eigenvalue weighted by atomic mass is 10.0. The molecular weight excluding hydrogens is 186 g/mol. The Kier molecular flexibility index (Phi) is 3.46. The molecule has 1 atom stereocenters. The zero-order valence-corrected chi connectivity index (χ0v) is 8.40. The van der Waals surface area contributed by atoms with Crippen LogP contribution in [0.1, 0.15) is 26.7 Å². The van der Waals surface area contributed by atoms with Gasteiger partial charge in [0.25, 0.3) is 0 Å². The Morgan fingerprint density at radius 3 is 2.64 bits per heavy atom. The summed E-state index contributed by atoms with van der Waals surface area (Å²) in [5.41, 5.74) is 0. The lowest BCUT2D eigenvalue weighted by Crippen LogP contribution is -2.49. The third-order valence-corrected chi connectivity index (χ3v) is 2.15. The van der Waals surface area contributed by atoms with E-state index in [4.69, 9.17) is 9.94 Å². The van der Waals surface area contributed by atoms with Crippen LogP contribution in [-0.4, -0.2) is 34.7 Å². The molecule has 1 aliphatic rings. The molecule has 0 aromatic carbocycles. The monoisotopic (exact) mass is 201 g/mol. The van der Waals surface area contributed by atoms with Gasteiger partial charge in [-0.05, 0) is 12.3 Å². The van der Waals surface area contributed by atoms with Crippen LogP contribution in [0.3, 0.4) is 0 Å². The molecule has 1 aliphatic heterocycles. The normalized spacial score (nSPS) is 19.9. The maximum absolute atomic E-state index is 11.4. The molecule has 0 aromatic rings. The van der Waals surface area contributed by atoms with Crippen LogP contribution >= 0.6 is 0 Å². The Morgan fingerprint density at radius 1 is 1.57 bits per heavy atom. The number of carboxylic acids is 1. The van der Waals surface area contributed by atoms with Crippen molar-refractivity contribution in [3.05, 3.63) is 0 Å². The van der Waals surface area contributed by atoms with Gasteiger partial charge in [0.2, 0.25) is 5.91 Å². The van der Waals surface area contributed by atoms with Crippen molar-refractivity contribution in [1.82, 2.24) is 5.06 Å². The fourth-order valence-corrected chi connectivity index (χ4v) is 1.46. The van der Waals surface area contributed by atoms with E-state index >= 15 is 0 Å². The molecule has 0 aromatic heterocycles. The molecule has 0 spiro atoms. The molecule has 1 saturated heterocycles. The maximum atomic E-state index is 11.4. The van der Waals surface area contributed by atoms with Crippen LogP contribution in [0.25, 0.3) is 0 Å². The first-order valence-electron chi connectivity index (χ1n) is 4.72. The zero-order chi connectivity index (χ0) is 10.7. The summed E-state index contributed by atoms with van der Waals surface area (Å²) in [5, 5.41) is 9.95. The number of aliphatic carboxylic acids is 1. The average Bonchev–Trinajstić information content (AvgIpc) is 2.07. The van der Waals surface area contributed by atoms with Gasteiger partial charge >= 0.3 is 5.97 Å². The van der Waals surface area contributed by atoms with Crippen molar-refractivity contribution in [2.24, 2.45) is 5.92 Å². The van der Waals surface area contributed by atoms with E-state index in [-0.39, 0.29) is 11.8 Å². The molecule has 1 heterocycles. The second-order valence-electron chi connectivity index (χ2n) is 3.68. The topological polar surface area (TPSA) is 66.8 Å². The van der Waals surface area contributed by atoms with E-state index < -0.39 is 12.0 Å². The molecule has 1 unspecified atom stereocenters. The molecule has 80 valence electrons. The molecule has 0 radical (unpaired) electrons. The second-order valence-corrected chi connectivity index (χ2v) is 3.68. The molecule has 1 N–H and O–H groups in total. The Balaban J connectivity index is 2.75. The number of carbonyl (C=O) groups is 2. The van der Waals surface area contributed by atoms with Crippen LogP contribution in [0.2, 0.25) is 0 Å². The van der Waals surface area contributed by atoms with Crippen LogP contribution in [0, 0.1) is 5.92 Å². The van der Waals surface area contributed by atoms with Crippen molar-refractivity contribution in [2.75, 3.05) is 6.61 Å². The SMILES string of the molecule is CC(C)C(C(=O)O)N1OCCCC1=O. The predicted molar refractivity (Wildman–Crippen MR) is 48.3 cm³/mol. The van der Waals surface area contributed by atoms with Gasteiger partial charge in [0.15, 0.2) is 6.04 Å². The number of hydrogen-bond acceptors (Lipinski definition) is 3. The van der Waals surface area contributed by atoms with Gasteiger partial charge in [0.05, 0.1) is 6.61 Å². The molecule has 1 fully saturated rings. The first-order chi connectivity index (χ1) is 6.54. The number of amides is 1. The largest absolute Gasteiger partial charge is 0.480 e. The van der Waals surface area contributed by atoms with Crippen molar-refractivity contribution in [2.45, 2.75) is 32.7 Å². The van der Waals surface area contributed by atoms with E-state index in [0.717, 1.165) is 5.06 Å². The maximum Gasteiger partial charge on any atom is 0.329 e. The highest BCUT2D eigenvalue weighted by molar-refractivity contribution is 5.83. The first kappa shape index (κ1) is 11.0. The van der Waals surface area contributed by atoms with Crippen LogP contribution in [0.4, 0.5) is 0 Å². The Morgan fingerprint density at radius 2 is 2.21 bits per heavy atom. The summed E-state index contributed by atoms with van der Waals surface area (Å²) >= 11 is 0. The van der Waals surface area contributed by atoms with Gasteiger partial charge in [-0.3, -0.25) is 9.63 Å². The minimum Gasteiger partial charge on any atom is -0.480 e. The lowest BCUT2D eigenvalue weighted by Gasteiger charge is -2.32. The molecule has 5 heteroatoms. The fourth-order valence-electron chi connectivity index (χ4n) is 1.46. The van der Waals surface area contributed by atoms with E-state index in [1.807, 2.05) is 0 Å². The van der Waals surface area contributed by atoms with Gasteiger partial charge in [0, 0.05) is 6.42 Å². The number of rotatable bonds is 3. The summed E-state index contributed by atoms with van der Waals surface area (Å²) in [6.45, 7) is 3.93. The van der Waals surface area contributed by atoms with E-state index in [1.54, 1.807) is 13.8 Å². The summed E-state index contributed by atoms with van der Waals surface area (Å²) in [5.74, 6) is -1.41. The van der Waals surface area contributed by atoms with Gasteiger partial charge in [-0.1, -0.05) is 13.8 Å². The highest BCUT2D eigenvalue weighted by atomic mass is 16.7. The Hall–Kier alpha value is -1.10. The second kappa shape index (κ2) is 4.41. The molecule has 0 bridgehead atoms. The van der Waals surface area contributed by atoms with Gasteiger partial charge in [-0.15, -0.1) is 0 Å². The van der Waals surface area contributed by atoms with Crippen molar-refractivity contribution in [1.29, 1.82) is 0 Å². The standard InChI is InChI=1S/C9H15NO4/c1-6(2)8(9(12)13)10-7(11)4-3-5-14-10/h6,8H,3-5H2,1-2H3,(H,12,13). The molecule has 0 saturated carbocycles. The molecule has 5 nitrogen and oxygen atoms in total. The van der Waals surface area contributed by atoms with E-state index in [2.05, 4.69) is 0 Å². The third kappa shape index (κ3) is 2.23. The smallest absolute Gasteiger partial charge is 0.329 e. The van der Waals surface area contributed by atoms with Crippen LogP contribution in [-0.2, 0) is 14.4 Å². The van der Waals surface area contributed by atoms with Crippen molar-refractivity contribution in [3.8, 4) is 0 Å². The highest BCUT2D eigenvalue weighted by Crippen LogP contribution is 2.17. The predicted octanol–water partition coefficient (Wildman–Crippen LogP) is 0.650. The number of carboxylic acid groups (broad SMARTS) is 1. The van der Waals surface area contributed by atoms with Gasteiger partial charge in [-0.25, -0.2) is 9.86 Å². The van der Waals surface area contributed by atoms with E-state index in [1.165, 1.54) is 0 Å². The summed E-state index contributed by atoms with van der Waals surface area (Å²) in [4.78, 5) is 27.4. The summed E-state index contributed by atoms with van der Waals surface area (Å²) in [7, 11) is 0. The average molecular weight is 201 g/mol. The quantitative estimate of drug-likeness (QED) is 0.728. The summed E-state index contributed by atoms with van der Waals surface area (Å²) < 4.78 is 0. The lowest BCUT2D eigenvalue weighted by molar-refractivity contribution is -0.221. The van der Waals surface area contributed by atoms with Gasteiger partial charge in [-0.2, -0.15) is 0 Å². The first-order valence-corrected chi connectivity index (χ1v) is 4.72. The van der Waals surface area contributed by atoms with E-state index in [0.29, 0.717) is 19.4 Å². The number of nitrogens with zero attached hydrogens (tertiary/aromatic N) is 1. The summed E-state index contributed by atoms with van der Waals surface area (Å²) in [6.07, 6.45) is 1.04. The Bertz CT molecular complexity index is 239. The van der Waals surface area contributed by atoms with Crippen LogP contribution in [0.5, 0.6) is 0 Å². The molecule has 0 aliphatic carbocycles.